The molecule has 1 heterocycles. The zero-order valence-corrected chi connectivity index (χ0v) is 17.0. The van der Waals surface area contributed by atoms with Crippen molar-refractivity contribution in [1.82, 2.24) is 5.32 Å². The molecule has 2 atom stereocenters. The lowest BCUT2D eigenvalue weighted by Gasteiger charge is -2.45. The zero-order chi connectivity index (χ0) is 18.5. The minimum absolute atomic E-state index is 0. The first-order valence-corrected chi connectivity index (χ1v) is 9.58. The van der Waals surface area contributed by atoms with E-state index in [1.54, 1.807) is 13.0 Å². The van der Waals surface area contributed by atoms with Crippen LogP contribution in [0.1, 0.15) is 46.5 Å². The molecule has 1 aliphatic heterocycles. The summed E-state index contributed by atoms with van der Waals surface area (Å²) in [7, 11) is 0. The van der Waals surface area contributed by atoms with Gasteiger partial charge in [0.25, 0.3) is 0 Å². The van der Waals surface area contributed by atoms with Crippen molar-refractivity contribution in [2.24, 2.45) is 15.8 Å². The molecule has 4 rings (SSSR count). The third-order valence-corrected chi connectivity index (χ3v) is 6.29. The van der Waals surface area contributed by atoms with Crippen molar-refractivity contribution in [3.05, 3.63) is 47.2 Å². The van der Waals surface area contributed by atoms with Gasteiger partial charge >= 0.3 is 0 Å². The Hall–Kier alpha value is -1.78. The number of rotatable bonds is 5. The number of nitrogens with zero attached hydrogens (tertiary/aromatic N) is 1. The summed E-state index contributed by atoms with van der Waals surface area (Å²) in [6, 6.07) is 0.433. The highest BCUT2D eigenvalue weighted by molar-refractivity contribution is 6.18. The fraction of sp³-hybridized carbons (Fsp3) is 0.500. The zero-order valence-electron chi connectivity index (χ0n) is 16.2. The van der Waals surface area contributed by atoms with E-state index in [9.17, 15) is 9.59 Å². The molecule has 0 amide bonds. The Morgan fingerprint density at radius 2 is 2.11 bits per heavy atom. The maximum Gasteiger partial charge on any atom is 0.157 e. The summed E-state index contributed by atoms with van der Waals surface area (Å²) >= 11 is 0. The van der Waals surface area contributed by atoms with Crippen molar-refractivity contribution in [3.8, 4) is 0 Å². The van der Waals surface area contributed by atoms with E-state index >= 15 is 0 Å². The second-order valence-electron chi connectivity index (χ2n) is 8.14. The Kier molecular flexibility index (Phi) is 5.17. The highest BCUT2D eigenvalue weighted by Gasteiger charge is 2.64. The minimum Gasteiger partial charge on any atom is -0.314 e. The molecule has 2 unspecified atom stereocenters. The van der Waals surface area contributed by atoms with Gasteiger partial charge in [-0.05, 0) is 38.3 Å². The van der Waals surface area contributed by atoms with Gasteiger partial charge in [-0.15, -0.1) is 12.4 Å². The molecule has 0 fully saturated rings. The average Bonchev–Trinajstić information content (AvgIpc) is 3.05. The van der Waals surface area contributed by atoms with Crippen LogP contribution in [0.5, 0.6) is 0 Å². The molecule has 0 aromatic carbocycles. The van der Waals surface area contributed by atoms with Crippen LogP contribution in [0.25, 0.3) is 0 Å². The van der Waals surface area contributed by atoms with Crippen molar-refractivity contribution in [3.63, 3.8) is 0 Å². The lowest BCUT2D eigenvalue weighted by Crippen LogP contribution is -2.46. The van der Waals surface area contributed by atoms with Gasteiger partial charge in [0.1, 0.15) is 0 Å². The predicted octanol–water partition coefficient (Wildman–Crippen LogP) is 3.89. The number of halogens is 1. The molecule has 0 aromatic rings. The van der Waals surface area contributed by atoms with Gasteiger partial charge in [0, 0.05) is 29.5 Å². The number of nitrogens with one attached hydrogen (secondary N) is 1. The van der Waals surface area contributed by atoms with Crippen molar-refractivity contribution < 1.29 is 9.59 Å². The third kappa shape index (κ3) is 2.73. The van der Waals surface area contributed by atoms with Gasteiger partial charge in [-0.1, -0.05) is 38.2 Å². The molecular weight excluding hydrogens is 360 g/mol. The fourth-order valence-corrected chi connectivity index (χ4v) is 5.13. The normalized spacial score (nSPS) is 30.6. The molecule has 27 heavy (non-hydrogen) atoms. The lowest BCUT2D eigenvalue weighted by atomic mass is 9.54. The molecule has 4 nitrogen and oxygen atoms in total. The standard InChI is InChI=1S/C22H26N2O2.ClH/c1-14(2)23-12-8-16-5-6-18(15(3)25)22-10-4-9-21(22)11-7-17(26)13-19(21)24-20(16)22;/h4-6,10,13-14,23H,7-9,11-12H2,1-3H3;1H. The quantitative estimate of drug-likeness (QED) is 0.729. The van der Waals surface area contributed by atoms with Gasteiger partial charge in [0.2, 0.25) is 0 Å². The number of carbonyl (C=O) groups is 2. The van der Waals surface area contributed by atoms with Crippen molar-refractivity contribution >= 4 is 29.7 Å². The monoisotopic (exact) mass is 386 g/mol. The van der Waals surface area contributed by atoms with E-state index in [2.05, 4.69) is 37.4 Å². The number of hydrogen-bond acceptors (Lipinski definition) is 4. The Bertz CT molecular complexity index is 846. The van der Waals surface area contributed by atoms with Gasteiger partial charge < -0.3 is 5.32 Å². The second kappa shape index (κ2) is 6.99. The van der Waals surface area contributed by atoms with E-state index in [1.165, 1.54) is 5.57 Å². The Labute approximate surface area is 167 Å². The molecule has 0 radical (unpaired) electrons. The van der Waals surface area contributed by atoms with E-state index in [4.69, 9.17) is 4.99 Å². The SMILES string of the molecule is CC(=O)C1=CC=C(CCNC(C)C)C2=NC3=CC(=O)CCC34CC=CC124.Cl. The van der Waals surface area contributed by atoms with Crippen LogP contribution in [-0.2, 0) is 9.59 Å². The Balaban J connectivity index is 0.00000210. The summed E-state index contributed by atoms with van der Waals surface area (Å²) in [5.74, 6) is 0.244. The lowest BCUT2D eigenvalue weighted by molar-refractivity contribution is -0.116. The molecular formula is C22H27ClN2O2. The van der Waals surface area contributed by atoms with Crippen molar-refractivity contribution in [1.29, 1.82) is 0 Å². The summed E-state index contributed by atoms with van der Waals surface area (Å²) in [5, 5.41) is 3.46. The highest BCUT2D eigenvalue weighted by atomic mass is 35.5. The summed E-state index contributed by atoms with van der Waals surface area (Å²) in [5.41, 5.74) is 3.14. The van der Waals surface area contributed by atoms with E-state index < -0.39 is 5.41 Å². The first-order chi connectivity index (χ1) is 12.4. The highest BCUT2D eigenvalue weighted by Crippen LogP contribution is 2.67. The minimum atomic E-state index is -0.479. The smallest absolute Gasteiger partial charge is 0.157 e. The largest absolute Gasteiger partial charge is 0.314 e. The number of carbonyl (C=O) groups excluding carboxylic acids is 2. The van der Waals surface area contributed by atoms with E-state index in [1.807, 2.05) is 6.08 Å². The van der Waals surface area contributed by atoms with Crippen LogP contribution in [0.15, 0.2) is 52.2 Å². The van der Waals surface area contributed by atoms with Crippen LogP contribution >= 0.6 is 12.4 Å². The van der Waals surface area contributed by atoms with Crippen LogP contribution in [0.2, 0.25) is 0 Å². The van der Waals surface area contributed by atoms with Gasteiger partial charge in [-0.2, -0.15) is 0 Å². The summed E-state index contributed by atoms with van der Waals surface area (Å²) < 4.78 is 0. The van der Waals surface area contributed by atoms with Gasteiger partial charge in [-0.3, -0.25) is 14.6 Å². The molecule has 0 saturated carbocycles. The number of ketones is 2. The molecule has 0 bridgehead atoms. The maximum absolute atomic E-state index is 12.5. The molecule has 0 aromatic heterocycles. The van der Waals surface area contributed by atoms with Gasteiger partial charge in [0.05, 0.1) is 16.8 Å². The molecule has 0 saturated heterocycles. The van der Waals surface area contributed by atoms with Crippen LogP contribution in [0.3, 0.4) is 0 Å². The topological polar surface area (TPSA) is 58.5 Å². The number of aliphatic imine (C=N–C) groups is 1. The van der Waals surface area contributed by atoms with Crippen LogP contribution in [-0.4, -0.2) is 29.9 Å². The second-order valence-corrected chi connectivity index (χ2v) is 8.14. The maximum atomic E-state index is 12.5. The van der Waals surface area contributed by atoms with E-state index in [-0.39, 0.29) is 29.4 Å². The summed E-state index contributed by atoms with van der Waals surface area (Å²) in [6.07, 6.45) is 13.2. The molecule has 1 N–H and O–H groups in total. The molecule has 144 valence electrons. The van der Waals surface area contributed by atoms with E-state index in [0.717, 1.165) is 42.8 Å². The van der Waals surface area contributed by atoms with Crippen LogP contribution < -0.4 is 5.32 Å². The predicted molar refractivity (Wildman–Crippen MR) is 110 cm³/mol. The summed E-state index contributed by atoms with van der Waals surface area (Å²) in [4.78, 5) is 29.6. The van der Waals surface area contributed by atoms with Crippen molar-refractivity contribution in [2.45, 2.75) is 52.5 Å². The number of hydrogen-bond donors (Lipinski definition) is 1. The van der Waals surface area contributed by atoms with Gasteiger partial charge in [-0.25, -0.2) is 0 Å². The molecule has 3 aliphatic carbocycles. The fourth-order valence-electron chi connectivity index (χ4n) is 5.13. The van der Waals surface area contributed by atoms with E-state index in [0.29, 0.717) is 12.5 Å². The Morgan fingerprint density at radius 1 is 1.33 bits per heavy atom. The van der Waals surface area contributed by atoms with Crippen LogP contribution in [0, 0.1) is 10.8 Å². The number of allylic oxidation sites excluding steroid dienone is 7. The first kappa shape index (κ1) is 20.0. The third-order valence-electron chi connectivity index (χ3n) is 6.29. The molecule has 4 aliphatic rings. The first-order valence-electron chi connectivity index (χ1n) is 9.58. The molecule has 5 heteroatoms. The number of Topliss-reactive ketones (excluding diaryl/α,β-unsaturated/α-hetero) is 1. The summed E-state index contributed by atoms with van der Waals surface area (Å²) in [6.45, 7) is 6.79. The van der Waals surface area contributed by atoms with Crippen molar-refractivity contribution in [2.75, 3.05) is 6.54 Å². The molecule has 2 spiro atoms. The Morgan fingerprint density at radius 3 is 2.81 bits per heavy atom. The van der Waals surface area contributed by atoms with Crippen LogP contribution in [0.4, 0.5) is 0 Å². The van der Waals surface area contributed by atoms with Gasteiger partial charge in [0.15, 0.2) is 11.6 Å². The average molecular weight is 387 g/mol.